The van der Waals surface area contributed by atoms with E-state index in [4.69, 9.17) is 5.73 Å². The minimum Gasteiger partial charge on any atom is -0.354 e. The van der Waals surface area contributed by atoms with E-state index in [1.54, 1.807) is 0 Å². The highest BCUT2D eigenvalue weighted by molar-refractivity contribution is 5.85. The second kappa shape index (κ2) is 10.1. The monoisotopic (exact) mass is 279 g/mol. The van der Waals surface area contributed by atoms with Crippen molar-refractivity contribution in [3.8, 4) is 0 Å². The zero-order valence-electron chi connectivity index (χ0n) is 11.7. The van der Waals surface area contributed by atoms with Crippen LogP contribution in [0.2, 0.25) is 0 Å². The molecule has 6 heteroatoms. The Morgan fingerprint density at radius 1 is 1.06 bits per heavy atom. The lowest BCUT2D eigenvalue weighted by molar-refractivity contribution is -0.125. The molecule has 2 unspecified atom stereocenters. The van der Waals surface area contributed by atoms with Gasteiger partial charge < -0.3 is 16.4 Å². The summed E-state index contributed by atoms with van der Waals surface area (Å²) in [6.45, 7) is 8.46. The highest BCUT2D eigenvalue weighted by atomic mass is 35.5. The molecule has 5 nitrogen and oxygen atoms in total. The summed E-state index contributed by atoms with van der Waals surface area (Å²) in [5.74, 6) is -0.0306. The second-order valence-corrected chi connectivity index (χ2v) is 4.65. The van der Waals surface area contributed by atoms with Crippen molar-refractivity contribution in [1.82, 2.24) is 10.6 Å². The van der Waals surface area contributed by atoms with Crippen molar-refractivity contribution in [2.24, 2.45) is 17.6 Å². The van der Waals surface area contributed by atoms with Crippen LogP contribution in [0.15, 0.2) is 0 Å². The highest BCUT2D eigenvalue weighted by Gasteiger charge is 2.18. The summed E-state index contributed by atoms with van der Waals surface area (Å²) in [4.78, 5) is 22.8. The van der Waals surface area contributed by atoms with Gasteiger partial charge >= 0.3 is 0 Å². The normalized spacial score (nSPS) is 13.4. The van der Waals surface area contributed by atoms with E-state index in [-0.39, 0.29) is 36.1 Å². The molecule has 0 saturated carbocycles. The lowest BCUT2D eigenvalue weighted by Gasteiger charge is -2.17. The molecule has 0 aliphatic heterocycles. The molecule has 0 rings (SSSR count). The van der Waals surface area contributed by atoms with Gasteiger partial charge in [0, 0.05) is 19.0 Å². The van der Waals surface area contributed by atoms with E-state index in [1.165, 1.54) is 0 Å². The number of carbonyl (C=O) groups is 2. The van der Waals surface area contributed by atoms with Crippen LogP contribution in [-0.4, -0.2) is 30.9 Å². The molecule has 108 valence electrons. The van der Waals surface area contributed by atoms with Gasteiger partial charge in [0.2, 0.25) is 11.8 Å². The molecule has 4 N–H and O–H groups in total. The summed E-state index contributed by atoms with van der Waals surface area (Å²) in [6, 6.07) is -0.471. The molecule has 0 radical (unpaired) electrons. The molecule has 0 aliphatic carbocycles. The van der Waals surface area contributed by atoms with Crippen LogP contribution in [0.25, 0.3) is 0 Å². The molecule has 0 bridgehead atoms. The van der Waals surface area contributed by atoms with E-state index in [0.717, 1.165) is 6.42 Å². The minimum atomic E-state index is -0.471. The molecular weight excluding hydrogens is 254 g/mol. The molecule has 18 heavy (non-hydrogen) atoms. The summed E-state index contributed by atoms with van der Waals surface area (Å²) >= 11 is 0. The molecule has 0 saturated heterocycles. The van der Waals surface area contributed by atoms with E-state index in [1.807, 2.05) is 27.7 Å². The minimum absolute atomic E-state index is 0. The quantitative estimate of drug-likeness (QED) is 0.599. The van der Waals surface area contributed by atoms with Crippen LogP contribution in [-0.2, 0) is 9.59 Å². The molecule has 2 amide bonds. The van der Waals surface area contributed by atoms with Gasteiger partial charge in [-0.2, -0.15) is 0 Å². The van der Waals surface area contributed by atoms with Gasteiger partial charge in [0.25, 0.3) is 0 Å². The topological polar surface area (TPSA) is 84.2 Å². The van der Waals surface area contributed by atoms with Gasteiger partial charge in [0.05, 0.1) is 6.04 Å². The second-order valence-electron chi connectivity index (χ2n) is 4.65. The van der Waals surface area contributed by atoms with Crippen molar-refractivity contribution in [2.45, 2.75) is 40.2 Å². The Hall–Kier alpha value is -0.810. The third-order valence-corrected chi connectivity index (χ3v) is 2.81. The van der Waals surface area contributed by atoms with Crippen LogP contribution in [0.4, 0.5) is 0 Å². The van der Waals surface area contributed by atoms with Crippen LogP contribution in [0, 0.1) is 11.8 Å². The standard InChI is InChI=1S/C12H25N3O2.ClH/c1-5-9(4)10(13)12(17)15-7-6-14-11(16)8(2)3;/h8-10H,5-7,13H2,1-4H3,(H,14,16)(H,15,17);1H. The summed E-state index contributed by atoms with van der Waals surface area (Å²) in [5.41, 5.74) is 5.76. The third-order valence-electron chi connectivity index (χ3n) is 2.81. The average Bonchev–Trinajstić information content (AvgIpc) is 2.31. The van der Waals surface area contributed by atoms with Crippen LogP contribution in [0.3, 0.4) is 0 Å². The molecule has 0 aromatic rings. The first-order valence-corrected chi connectivity index (χ1v) is 6.21. The maximum atomic E-state index is 11.6. The zero-order chi connectivity index (χ0) is 13.4. The Bertz CT molecular complexity index is 260. The first-order chi connectivity index (χ1) is 7.90. The predicted octanol–water partition coefficient (Wildman–Crippen LogP) is 0.670. The van der Waals surface area contributed by atoms with Crippen molar-refractivity contribution in [2.75, 3.05) is 13.1 Å². The van der Waals surface area contributed by atoms with Crippen molar-refractivity contribution < 1.29 is 9.59 Å². The van der Waals surface area contributed by atoms with Gasteiger partial charge in [0.15, 0.2) is 0 Å². The Labute approximate surface area is 116 Å². The largest absolute Gasteiger partial charge is 0.354 e. The number of nitrogens with one attached hydrogen (secondary N) is 2. The highest BCUT2D eigenvalue weighted by Crippen LogP contribution is 2.04. The van der Waals surface area contributed by atoms with Crippen LogP contribution >= 0.6 is 12.4 Å². The maximum Gasteiger partial charge on any atom is 0.237 e. The van der Waals surface area contributed by atoms with Crippen molar-refractivity contribution >= 4 is 24.2 Å². The third kappa shape index (κ3) is 7.50. The average molecular weight is 280 g/mol. The number of carbonyl (C=O) groups excluding carboxylic acids is 2. The van der Waals surface area contributed by atoms with Gasteiger partial charge in [0.1, 0.15) is 0 Å². The van der Waals surface area contributed by atoms with Gasteiger partial charge in [-0.25, -0.2) is 0 Å². The number of nitrogens with two attached hydrogens (primary N) is 1. The first-order valence-electron chi connectivity index (χ1n) is 6.21. The molecule has 0 aromatic heterocycles. The summed E-state index contributed by atoms with van der Waals surface area (Å²) < 4.78 is 0. The molecule has 2 atom stereocenters. The van der Waals surface area contributed by atoms with Crippen LogP contribution in [0.1, 0.15) is 34.1 Å². The van der Waals surface area contributed by atoms with E-state index < -0.39 is 6.04 Å². The fourth-order valence-corrected chi connectivity index (χ4v) is 1.21. The van der Waals surface area contributed by atoms with Crippen LogP contribution < -0.4 is 16.4 Å². The number of hydrogen-bond acceptors (Lipinski definition) is 3. The number of halogens is 1. The lowest BCUT2D eigenvalue weighted by atomic mass is 9.99. The molecule has 0 aromatic carbocycles. The van der Waals surface area contributed by atoms with Crippen LogP contribution in [0.5, 0.6) is 0 Å². The SMILES string of the molecule is CCC(C)C(N)C(=O)NCCNC(=O)C(C)C.Cl. The summed E-state index contributed by atoms with van der Waals surface area (Å²) in [6.07, 6.45) is 0.874. The van der Waals surface area contributed by atoms with E-state index in [9.17, 15) is 9.59 Å². The Morgan fingerprint density at radius 3 is 1.89 bits per heavy atom. The summed E-state index contributed by atoms with van der Waals surface area (Å²) in [5, 5.41) is 5.44. The molecule has 0 aliphatic rings. The molecule has 0 spiro atoms. The van der Waals surface area contributed by atoms with E-state index >= 15 is 0 Å². The van der Waals surface area contributed by atoms with Gasteiger partial charge in [-0.1, -0.05) is 34.1 Å². The van der Waals surface area contributed by atoms with E-state index in [0.29, 0.717) is 13.1 Å². The Kier molecular flexibility index (Phi) is 11.0. The molecule has 0 heterocycles. The lowest BCUT2D eigenvalue weighted by Crippen LogP contribution is -2.46. The first kappa shape index (κ1) is 19.5. The fourth-order valence-electron chi connectivity index (χ4n) is 1.21. The van der Waals surface area contributed by atoms with Gasteiger partial charge in [-0.3, -0.25) is 9.59 Å². The van der Waals surface area contributed by atoms with Crippen molar-refractivity contribution in [3.63, 3.8) is 0 Å². The molecule has 0 fully saturated rings. The predicted molar refractivity (Wildman–Crippen MR) is 75.5 cm³/mol. The Balaban J connectivity index is 0. The van der Waals surface area contributed by atoms with E-state index in [2.05, 4.69) is 10.6 Å². The van der Waals surface area contributed by atoms with Gasteiger partial charge in [-0.05, 0) is 5.92 Å². The zero-order valence-corrected chi connectivity index (χ0v) is 12.5. The number of rotatable bonds is 7. The van der Waals surface area contributed by atoms with Gasteiger partial charge in [-0.15, -0.1) is 12.4 Å². The number of amides is 2. The molecular formula is C12H26ClN3O2. The van der Waals surface area contributed by atoms with Crippen molar-refractivity contribution in [1.29, 1.82) is 0 Å². The van der Waals surface area contributed by atoms with Crippen molar-refractivity contribution in [3.05, 3.63) is 0 Å². The Morgan fingerprint density at radius 2 is 1.50 bits per heavy atom. The number of hydrogen-bond donors (Lipinski definition) is 3. The fraction of sp³-hybridized carbons (Fsp3) is 0.833. The summed E-state index contributed by atoms with van der Waals surface area (Å²) in [7, 11) is 0. The smallest absolute Gasteiger partial charge is 0.237 e. The maximum absolute atomic E-state index is 11.6.